The van der Waals surface area contributed by atoms with Crippen LogP contribution in [0.2, 0.25) is 0 Å². The van der Waals surface area contributed by atoms with Gasteiger partial charge in [0.15, 0.2) is 0 Å². The van der Waals surface area contributed by atoms with E-state index in [4.69, 9.17) is 4.11 Å². The summed E-state index contributed by atoms with van der Waals surface area (Å²) in [6.07, 6.45) is 1.81. The van der Waals surface area contributed by atoms with Crippen molar-refractivity contribution in [3.05, 3.63) is 126 Å². The van der Waals surface area contributed by atoms with Gasteiger partial charge in [0.1, 0.15) is 17.4 Å². The van der Waals surface area contributed by atoms with Crippen molar-refractivity contribution in [3.8, 4) is 28.4 Å². The van der Waals surface area contributed by atoms with Gasteiger partial charge in [-0.15, -0.1) is 34.9 Å². The second-order valence-corrected chi connectivity index (χ2v) is 9.72. The number of pyridine rings is 1. The summed E-state index contributed by atoms with van der Waals surface area (Å²) in [7, 11) is 0. The standard InChI is InChI=1S/C21H15FN.C14H12N2O.Ir/c1-13-9-14(2)11-16(10-13)21-20-5-3-15-12-17(22)4-6-18(15)19(20)7-8-23-21;1-16-12-8-4-3-7-11(12)15-14(16)10-6-2-5-9-13(10)17;/h3-10,12H,1-2H3;2-9,17H,1H3;/q-1;;/i;1D3;. The number of nitrogens with zero attached hydrogens (tertiary/aromatic N) is 3. The van der Waals surface area contributed by atoms with Gasteiger partial charge in [-0.25, -0.2) is 9.37 Å². The van der Waals surface area contributed by atoms with Crippen molar-refractivity contribution in [2.75, 3.05) is 0 Å². The van der Waals surface area contributed by atoms with Crippen molar-refractivity contribution in [2.45, 2.75) is 13.8 Å². The van der Waals surface area contributed by atoms with Gasteiger partial charge in [-0.1, -0.05) is 56.3 Å². The van der Waals surface area contributed by atoms with E-state index in [1.54, 1.807) is 48.5 Å². The zero-order valence-electron chi connectivity index (χ0n) is 25.3. The zero-order valence-corrected chi connectivity index (χ0v) is 24.7. The third-order valence-corrected chi connectivity index (χ3v) is 6.83. The van der Waals surface area contributed by atoms with Crippen LogP contribution in [0.5, 0.6) is 5.75 Å². The van der Waals surface area contributed by atoms with Crippen LogP contribution >= 0.6 is 0 Å². The first-order chi connectivity index (χ1) is 20.6. The van der Waals surface area contributed by atoms with E-state index in [1.807, 2.05) is 37.4 Å². The molecular weight excluding hydrogens is 690 g/mol. The number of phenolic OH excluding ortho intramolecular Hbond substituents is 1. The maximum Gasteiger partial charge on any atom is 0.144 e. The van der Waals surface area contributed by atoms with E-state index >= 15 is 0 Å². The van der Waals surface area contributed by atoms with Crippen LogP contribution < -0.4 is 0 Å². The molecule has 205 valence electrons. The molecule has 0 saturated carbocycles. The Balaban J connectivity index is 0.000000172. The Kier molecular flexibility index (Phi) is 6.92. The molecule has 0 aliphatic heterocycles. The molecule has 41 heavy (non-hydrogen) atoms. The van der Waals surface area contributed by atoms with Gasteiger partial charge >= 0.3 is 0 Å². The van der Waals surface area contributed by atoms with Gasteiger partial charge in [0.2, 0.25) is 0 Å². The summed E-state index contributed by atoms with van der Waals surface area (Å²) >= 11 is 0. The van der Waals surface area contributed by atoms with Crippen molar-refractivity contribution in [2.24, 2.45) is 6.98 Å². The van der Waals surface area contributed by atoms with Crippen LogP contribution in [-0.2, 0) is 27.1 Å². The van der Waals surface area contributed by atoms with Crippen LogP contribution in [-0.4, -0.2) is 19.6 Å². The Morgan fingerprint density at radius 2 is 1.63 bits per heavy atom. The summed E-state index contributed by atoms with van der Waals surface area (Å²) in [6.45, 7) is 1.75. The van der Waals surface area contributed by atoms with Crippen LogP contribution in [0.3, 0.4) is 0 Å². The minimum atomic E-state index is -2.37. The molecule has 0 aliphatic carbocycles. The van der Waals surface area contributed by atoms with E-state index < -0.39 is 6.98 Å². The molecule has 0 aliphatic rings. The van der Waals surface area contributed by atoms with Gasteiger partial charge in [0, 0.05) is 37.4 Å². The first kappa shape index (κ1) is 24.4. The predicted octanol–water partition coefficient (Wildman–Crippen LogP) is 8.55. The number of phenols is 1. The number of hydrogen-bond donors (Lipinski definition) is 1. The monoisotopic (exact) mass is 720 g/mol. The summed E-state index contributed by atoms with van der Waals surface area (Å²) in [5.74, 6) is 0.0337. The number of aryl methyl sites for hydroxylation is 3. The molecule has 1 N–H and O–H groups in total. The average Bonchev–Trinajstić information content (AvgIpc) is 3.37. The molecule has 6 heteroatoms. The average molecular weight is 720 g/mol. The number of hydrogen-bond acceptors (Lipinski definition) is 3. The van der Waals surface area contributed by atoms with Crippen molar-refractivity contribution in [3.63, 3.8) is 0 Å². The molecule has 7 rings (SSSR count). The van der Waals surface area contributed by atoms with Crippen molar-refractivity contribution < 1.29 is 33.7 Å². The fraction of sp³-hybridized carbons (Fsp3) is 0.0857. The number of para-hydroxylation sites is 3. The van der Waals surface area contributed by atoms with Gasteiger partial charge in [-0.3, -0.25) is 0 Å². The SMILES string of the molecule is Cc1[c-]c(-c2nccc3c2ccc2cc(F)ccc23)cc(C)c1.[2H]C([2H])([2H])n1c(-c2ccccc2O)nc2ccccc21.[Ir]. The molecule has 0 saturated heterocycles. The smallest absolute Gasteiger partial charge is 0.144 e. The third kappa shape index (κ3) is 5.49. The van der Waals surface area contributed by atoms with Crippen molar-refractivity contribution in [1.29, 1.82) is 0 Å². The molecule has 7 aromatic rings. The summed E-state index contributed by atoms with van der Waals surface area (Å²) in [5.41, 5.74) is 5.71. The molecule has 0 bridgehead atoms. The number of imidazole rings is 1. The van der Waals surface area contributed by atoms with Crippen LogP contribution in [0.4, 0.5) is 4.39 Å². The summed E-state index contributed by atoms with van der Waals surface area (Å²) in [4.78, 5) is 8.93. The van der Waals surface area contributed by atoms with E-state index in [2.05, 4.69) is 35.1 Å². The van der Waals surface area contributed by atoms with Gasteiger partial charge in [0.05, 0.1) is 16.6 Å². The second-order valence-electron chi connectivity index (χ2n) is 9.72. The van der Waals surface area contributed by atoms with Crippen LogP contribution in [0.15, 0.2) is 103 Å². The minimum absolute atomic E-state index is 0. The normalized spacial score (nSPS) is 12.2. The van der Waals surface area contributed by atoms with E-state index in [0.29, 0.717) is 16.6 Å². The van der Waals surface area contributed by atoms with Crippen LogP contribution in [0.25, 0.3) is 55.2 Å². The fourth-order valence-corrected chi connectivity index (χ4v) is 5.07. The molecule has 0 spiro atoms. The maximum absolute atomic E-state index is 13.5. The topological polar surface area (TPSA) is 50.9 Å². The molecule has 4 nitrogen and oxygen atoms in total. The first-order valence-corrected chi connectivity index (χ1v) is 12.8. The molecule has 0 atom stereocenters. The Morgan fingerprint density at radius 1 is 0.854 bits per heavy atom. The molecule has 2 aromatic heterocycles. The first-order valence-electron chi connectivity index (χ1n) is 14.3. The maximum atomic E-state index is 13.5. The number of halogens is 1. The molecular formula is C35H27FIrN3O-. The Hall–Kier alpha value is -4.38. The van der Waals surface area contributed by atoms with E-state index in [9.17, 15) is 9.50 Å². The predicted molar refractivity (Wildman–Crippen MR) is 161 cm³/mol. The minimum Gasteiger partial charge on any atom is -0.507 e. The quantitative estimate of drug-likeness (QED) is 0.144. The third-order valence-electron chi connectivity index (χ3n) is 6.83. The van der Waals surface area contributed by atoms with Crippen LogP contribution in [0.1, 0.15) is 15.2 Å². The van der Waals surface area contributed by atoms with Gasteiger partial charge in [-0.05, 0) is 69.7 Å². The Morgan fingerprint density at radius 3 is 2.44 bits per heavy atom. The van der Waals surface area contributed by atoms with E-state index in [-0.39, 0.29) is 37.5 Å². The molecule has 5 aromatic carbocycles. The molecule has 1 radical (unpaired) electrons. The Bertz CT molecular complexity index is 2120. The van der Waals surface area contributed by atoms with Gasteiger partial charge in [-0.2, -0.15) is 0 Å². The van der Waals surface area contributed by atoms with Gasteiger partial charge in [0.25, 0.3) is 0 Å². The largest absolute Gasteiger partial charge is 0.507 e. The second kappa shape index (κ2) is 11.6. The molecule has 0 amide bonds. The van der Waals surface area contributed by atoms with E-state index in [1.165, 1.54) is 22.3 Å². The van der Waals surface area contributed by atoms with Gasteiger partial charge < -0.3 is 14.7 Å². The number of rotatable bonds is 2. The number of aromatic hydroxyl groups is 1. The Labute approximate surface area is 255 Å². The summed E-state index contributed by atoms with van der Waals surface area (Å²) < 4.78 is 37.8. The molecule has 2 heterocycles. The summed E-state index contributed by atoms with van der Waals surface area (Å²) in [5, 5.41) is 14.0. The van der Waals surface area contributed by atoms with Crippen molar-refractivity contribution in [1.82, 2.24) is 14.5 Å². The molecule has 0 unspecified atom stereocenters. The summed E-state index contributed by atoms with van der Waals surface area (Å²) in [6, 6.07) is 32.1. The number of fused-ring (bicyclic) bond motifs is 4. The zero-order chi connectivity index (χ0) is 30.3. The number of benzene rings is 5. The number of aromatic nitrogens is 3. The van der Waals surface area contributed by atoms with Crippen LogP contribution in [0, 0.1) is 25.7 Å². The fourth-order valence-electron chi connectivity index (χ4n) is 5.07. The van der Waals surface area contributed by atoms with Crippen molar-refractivity contribution >= 4 is 32.6 Å². The molecule has 0 fully saturated rings. The van der Waals surface area contributed by atoms with E-state index in [0.717, 1.165) is 38.4 Å².